The van der Waals surface area contributed by atoms with Gasteiger partial charge >= 0.3 is 0 Å². The first-order valence-electron chi connectivity index (χ1n) is 8.60. The number of amides is 1. The number of hydrogen-bond acceptors (Lipinski definition) is 7. The second kappa shape index (κ2) is 9.40. The van der Waals surface area contributed by atoms with Gasteiger partial charge in [0.1, 0.15) is 5.69 Å². The summed E-state index contributed by atoms with van der Waals surface area (Å²) in [6.45, 7) is 0.859. The molecule has 0 aromatic heterocycles. The van der Waals surface area contributed by atoms with E-state index in [1.807, 2.05) is 0 Å². The van der Waals surface area contributed by atoms with Crippen LogP contribution in [0, 0.1) is 0 Å². The van der Waals surface area contributed by atoms with Crippen LogP contribution in [0.25, 0.3) is 0 Å². The number of rotatable bonds is 6. The van der Waals surface area contributed by atoms with Gasteiger partial charge in [-0.1, -0.05) is 47.5 Å². The first-order valence-corrected chi connectivity index (χ1v) is 9.35. The zero-order chi connectivity index (χ0) is 21.0. The number of halogens is 2. The van der Waals surface area contributed by atoms with Crippen molar-refractivity contribution < 1.29 is 20.0 Å². The quantitative estimate of drug-likeness (QED) is 0.402. The van der Waals surface area contributed by atoms with Crippen molar-refractivity contribution in [3.8, 4) is 0 Å². The predicted octanol–water partition coefficient (Wildman–Crippen LogP) is 2.75. The number of hydrogen-bond donors (Lipinski definition) is 4. The Morgan fingerprint density at radius 3 is 2.55 bits per heavy atom. The summed E-state index contributed by atoms with van der Waals surface area (Å²) in [6.07, 6.45) is 0.0697. The molecule has 0 spiro atoms. The molecule has 1 aliphatic rings. The van der Waals surface area contributed by atoms with Gasteiger partial charge in [0.05, 0.1) is 28.5 Å². The van der Waals surface area contributed by atoms with Gasteiger partial charge in [0.15, 0.2) is 0 Å². The van der Waals surface area contributed by atoms with Gasteiger partial charge in [0.25, 0.3) is 0 Å². The van der Waals surface area contributed by atoms with Gasteiger partial charge in [-0.2, -0.15) is 0 Å². The molecule has 1 amide bonds. The molecule has 1 fully saturated rings. The number of nitrogens with one attached hydrogen (secondary N) is 1. The normalized spacial score (nSPS) is 15.2. The molecule has 1 heterocycles. The molecule has 2 aromatic rings. The Labute approximate surface area is 176 Å². The van der Waals surface area contributed by atoms with Gasteiger partial charge in [-0.05, 0) is 23.3 Å². The summed E-state index contributed by atoms with van der Waals surface area (Å²) in [5, 5.41) is 20.7. The third kappa shape index (κ3) is 5.36. The van der Waals surface area contributed by atoms with Crippen molar-refractivity contribution in [3.63, 3.8) is 0 Å². The summed E-state index contributed by atoms with van der Waals surface area (Å²) in [6, 6.07) is 10.1. The largest absolute Gasteiger partial charge is 0.399 e. The molecule has 1 aliphatic heterocycles. The minimum atomic E-state index is -0.367. The Balaban J connectivity index is 1.80. The van der Waals surface area contributed by atoms with Crippen molar-refractivity contribution in [3.05, 3.63) is 57.6 Å². The minimum Gasteiger partial charge on any atom is -0.399 e. The molecule has 0 saturated carbocycles. The van der Waals surface area contributed by atoms with E-state index in [4.69, 9.17) is 39.4 Å². The standard InChI is InChI=1S/C18H19Cl2N5O4/c19-14-8-13(21)9-15(20)17(14)23-18-22-5-6-24(18)16(26)7-11-3-1-2-4-12(11)10-29-25(27)28/h1-4,8-9,27-28H,5-7,10,21H2,(H,22,23). The molecular formula is C18H19Cl2N5O4. The first kappa shape index (κ1) is 21.3. The average molecular weight is 440 g/mol. The molecule has 0 bridgehead atoms. The Morgan fingerprint density at radius 1 is 1.24 bits per heavy atom. The molecule has 0 atom stereocenters. The van der Waals surface area contributed by atoms with Crippen LogP contribution in [0.3, 0.4) is 0 Å². The lowest BCUT2D eigenvalue weighted by Crippen LogP contribution is -2.36. The van der Waals surface area contributed by atoms with Gasteiger partial charge in [0, 0.05) is 18.8 Å². The molecule has 29 heavy (non-hydrogen) atoms. The Morgan fingerprint density at radius 2 is 1.90 bits per heavy atom. The van der Waals surface area contributed by atoms with Crippen LogP contribution in [0.1, 0.15) is 11.1 Å². The highest BCUT2D eigenvalue weighted by atomic mass is 35.5. The number of anilines is 1. The SMILES string of the molecule is Nc1cc(Cl)c(/N=C2\NCCN2C(=O)Cc2ccccc2CON(O)O)c(Cl)c1. The number of guanidine groups is 1. The lowest BCUT2D eigenvalue weighted by Gasteiger charge is -2.17. The molecule has 0 radical (unpaired) electrons. The highest BCUT2D eigenvalue weighted by molar-refractivity contribution is 6.39. The van der Waals surface area contributed by atoms with E-state index in [1.54, 1.807) is 24.3 Å². The zero-order valence-electron chi connectivity index (χ0n) is 15.2. The maximum absolute atomic E-state index is 12.9. The van der Waals surface area contributed by atoms with E-state index >= 15 is 0 Å². The van der Waals surface area contributed by atoms with E-state index < -0.39 is 0 Å². The number of benzene rings is 2. The van der Waals surface area contributed by atoms with Crippen molar-refractivity contribution in [1.82, 2.24) is 15.6 Å². The number of aliphatic imine (C=N–C) groups is 1. The van der Waals surface area contributed by atoms with Crippen LogP contribution >= 0.6 is 23.2 Å². The summed E-state index contributed by atoms with van der Waals surface area (Å²) in [7, 11) is 0. The highest BCUT2D eigenvalue weighted by Gasteiger charge is 2.26. The van der Waals surface area contributed by atoms with Gasteiger partial charge < -0.3 is 11.1 Å². The number of nitrogens with zero attached hydrogens (tertiary/aromatic N) is 3. The minimum absolute atomic E-state index is 0.0697. The van der Waals surface area contributed by atoms with Crippen LogP contribution in [-0.4, -0.2) is 45.7 Å². The molecular weight excluding hydrogens is 421 g/mol. The average Bonchev–Trinajstić information content (AvgIpc) is 3.12. The maximum atomic E-state index is 12.9. The fraction of sp³-hybridized carbons (Fsp3) is 0.222. The first-order chi connectivity index (χ1) is 13.8. The summed E-state index contributed by atoms with van der Waals surface area (Å²) in [5.74, 6) is 0.142. The maximum Gasteiger partial charge on any atom is 0.233 e. The number of nitrogens with two attached hydrogens (primary N) is 1. The molecule has 1 saturated heterocycles. The van der Waals surface area contributed by atoms with Crippen LogP contribution < -0.4 is 11.1 Å². The smallest absolute Gasteiger partial charge is 0.233 e. The Kier molecular flexibility index (Phi) is 6.91. The summed E-state index contributed by atoms with van der Waals surface area (Å²) in [5.41, 5.74) is 7.78. The van der Waals surface area contributed by atoms with Crippen LogP contribution in [0.4, 0.5) is 11.4 Å². The van der Waals surface area contributed by atoms with E-state index in [1.165, 1.54) is 17.0 Å². The molecule has 11 heteroatoms. The van der Waals surface area contributed by atoms with Gasteiger partial charge in [-0.25, -0.2) is 9.83 Å². The Hall–Kier alpha value is -2.40. The van der Waals surface area contributed by atoms with Crippen molar-refractivity contribution in [2.45, 2.75) is 13.0 Å². The molecule has 2 aromatic carbocycles. The second-order valence-corrected chi connectivity index (χ2v) is 7.03. The van der Waals surface area contributed by atoms with Crippen molar-refractivity contribution in [2.24, 2.45) is 4.99 Å². The van der Waals surface area contributed by atoms with Crippen molar-refractivity contribution >= 4 is 46.4 Å². The lowest BCUT2D eigenvalue weighted by molar-refractivity contribution is -0.497. The fourth-order valence-corrected chi connectivity index (χ4v) is 3.47. The van der Waals surface area contributed by atoms with Crippen molar-refractivity contribution in [1.29, 1.82) is 0 Å². The molecule has 9 nitrogen and oxygen atoms in total. The van der Waals surface area contributed by atoms with E-state index in [9.17, 15) is 4.79 Å². The highest BCUT2D eigenvalue weighted by Crippen LogP contribution is 2.35. The summed E-state index contributed by atoms with van der Waals surface area (Å²) in [4.78, 5) is 23.5. The number of carbonyl (C=O) groups is 1. The summed E-state index contributed by atoms with van der Waals surface area (Å²) >= 11 is 12.4. The van der Waals surface area contributed by atoms with Crippen LogP contribution in [-0.2, 0) is 22.7 Å². The summed E-state index contributed by atoms with van der Waals surface area (Å²) < 4.78 is 0. The zero-order valence-corrected chi connectivity index (χ0v) is 16.7. The van der Waals surface area contributed by atoms with E-state index in [-0.39, 0.29) is 34.4 Å². The monoisotopic (exact) mass is 439 g/mol. The molecule has 154 valence electrons. The topological polar surface area (TPSA) is 124 Å². The van der Waals surface area contributed by atoms with E-state index in [0.717, 1.165) is 0 Å². The molecule has 0 aliphatic carbocycles. The van der Waals surface area contributed by atoms with E-state index in [2.05, 4.69) is 15.1 Å². The second-order valence-electron chi connectivity index (χ2n) is 6.21. The van der Waals surface area contributed by atoms with Crippen LogP contribution in [0.5, 0.6) is 0 Å². The predicted molar refractivity (Wildman–Crippen MR) is 108 cm³/mol. The molecule has 3 rings (SSSR count). The Bertz CT molecular complexity index is 915. The van der Waals surface area contributed by atoms with Crippen molar-refractivity contribution in [2.75, 3.05) is 18.8 Å². The van der Waals surface area contributed by atoms with E-state index in [0.29, 0.717) is 41.6 Å². The van der Waals surface area contributed by atoms with Gasteiger partial charge in [0.2, 0.25) is 11.9 Å². The third-order valence-electron chi connectivity index (χ3n) is 4.23. The lowest BCUT2D eigenvalue weighted by atomic mass is 10.0. The number of carbonyl (C=O) groups excluding carboxylic acids is 1. The molecule has 0 unspecified atom stereocenters. The fourth-order valence-electron chi connectivity index (χ4n) is 2.88. The van der Waals surface area contributed by atoms with Gasteiger partial charge in [-0.15, -0.1) is 0 Å². The van der Waals surface area contributed by atoms with Gasteiger partial charge in [-0.3, -0.25) is 20.1 Å². The molecule has 5 N–H and O–H groups in total. The van der Waals surface area contributed by atoms with Crippen LogP contribution in [0.15, 0.2) is 41.4 Å². The third-order valence-corrected chi connectivity index (χ3v) is 4.80. The van der Waals surface area contributed by atoms with Crippen LogP contribution in [0.2, 0.25) is 10.0 Å². The number of nitrogen functional groups attached to an aromatic ring is 1.